The molecule has 2 N–H and O–H groups in total. The van der Waals surface area contributed by atoms with Crippen LogP contribution in [0.4, 0.5) is 0 Å². The van der Waals surface area contributed by atoms with Gasteiger partial charge in [-0.15, -0.1) is 0 Å². The minimum atomic E-state index is 0.651. The van der Waals surface area contributed by atoms with Crippen molar-refractivity contribution >= 4 is 11.0 Å². The first-order valence-electron chi connectivity index (χ1n) is 6.81. The van der Waals surface area contributed by atoms with Crippen molar-refractivity contribution in [2.75, 3.05) is 6.54 Å². The van der Waals surface area contributed by atoms with Gasteiger partial charge in [0.15, 0.2) is 0 Å². The molecule has 96 valence electrons. The normalized spacial score (nSPS) is 15.5. The molecule has 0 amide bonds. The number of hydrogen-bond donors (Lipinski definition) is 1. The molecule has 18 heavy (non-hydrogen) atoms. The Morgan fingerprint density at radius 1 is 1.39 bits per heavy atom. The zero-order valence-electron chi connectivity index (χ0n) is 11.1. The van der Waals surface area contributed by atoms with Gasteiger partial charge in [-0.3, -0.25) is 0 Å². The van der Waals surface area contributed by atoms with Crippen LogP contribution in [0, 0.1) is 6.92 Å². The fourth-order valence-corrected chi connectivity index (χ4v) is 2.61. The number of fused-ring (bicyclic) bond motifs is 1. The fraction of sp³-hybridized carbons (Fsp3) is 0.571. The molecule has 4 nitrogen and oxygen atoms in total. The zero-order chi connectivity index (χ0) is 12.7. The predicted molar refractivity (Wildman–Crippen MR) is 72.7 cm³/mol. The van der Waals surface area contributed by atoms with Crippen LogP contribution in [0.25, 0.3) is 11.0 Å². The lowest BCUT2D eigenvalue weighted by molar-refractivity contribution is 0.755. The maximum absolute atomic E-state index is 5.71. The van der Waals surface area contributed by atoms with Gasteiger partial charge in [-0.05, 0) is 38.3 Å². The highest BCUT2D eigenvalue weighted by Gasteiger charge is 2.27. The van der Waals surface area contributed by atoms with E-state index < -0.39 is 0 Å². The molecular weight excluding hydrogens is 224 g/mol. The van der Waals surface area contributed by atoms with Crippen molar-refractivity contribution < 1.29 is 0 Å². The molecule has 3 rings (SSSR count). The van der Waals surface area contributed by atoms with Crippen LogP contribution in [0.3, 0.4) is 0 Å². The summed E-state index contributed by atoms with van der Waals surface area (Å²) >= 11 is 0. The molecule has 0 radical (unpaired) electrons. The monoisotopic (exact) mass is 244 g/mol. The van der Waals surface area contributed by atoms with E-state index in [0.717, 1.165) is 30.0 Å². The van der Waals surface area contributed by atoms with E-state index in [0.29, 0.717) is 12.6 Å². The number of nitrogens with zero attached hydrogens (tertiary/aromatic N) is 3. The van der Waals surface area contributed by atoms with Crippen molar-refractivity contribution in [2.24, 2.45) is 5.73 Å². The summed E-state index contributed by atoms with van der Waals surface area (Å²) < 4.78 is 2.34. The van der Waals surface area contributed by atoms with Crippen LogP contribution in [0.15, 0.2) is 6.20 Å². The summed E-state index contributed by atoms with van der Waals surface area (Å²) in [6.45, 7) is 4.87. The topological polar surface area (TPSA) is 56.7 Å². The molecular formula is C14H20N4. The predicted octanol–water partition coefficient (Wildman–Crippen LogP) is 2.14. The van der Waals surface area contributed by atoms with Gasteiger partial charge in [0.2, 0.25) is 0 Å². The molecule has 1 fully saturated rings. The number of hydrogen-bond acceptors (Lipinski definition) is 3. The van der Waals surface area contributed by atoms with Crippen LogP contribution in [0.2, 0.25) is 0 Å². The third kappa shape index (κ3) is 1.81. The fourth-order valence-electron chi connectivity index (χ4n) is 2.61. The van der Waals surface area contributed by atoms with Crippen molar-refractivity contribution in [2.45, 2.75) is 45.6 Å². The Kier molecular flexibility index (Phi) is 2.82. The Bertz CT molecular complexity index is 581. The van der Waals surface area contributed by atoms with E-state index in [2.05, 4.69) is 29.6 Å². The Morgan fingerprint density at radius 3 is 2.78 bits per heavy atom. The minimum absolute atomic E-state index is 0.651. The van der Waals surface area contributed by atoms with Gasteiger partial charge in [-0.25, -0.2) is 9.97 Å². The van der Waals surface area contributed by atoms with E-state index in [9.17, 15) is 0 Å². The van der Waals surface area contributed by atoms with Gasteiger partial charge < -0.3 is 10.3 Å². The van der Waals surface area contributed by atoms with E-state index in [1.54, 1.807) is 0 Å². The van der Waals surface area contributed by atoms with E-state index in [1.165, 1.54) is 23.8 Å². The average Bonchev–Trinajstić information content (AvgIpc) is 3.13. The second kappa shape index (κ2) is 4.35. The second-order valence-corrected chi connectivity index (χ2v) is 5.11. The van der Waals surface area contributed by atoms with Crippen molar-refractivity contribution in [3.63, 3.8) is 0 Å². The molecule has 0 spiro atoms. The first-order chi connectivity index (χ1) is 8.74. The van der Waals surface area contributed by atoms with E-state index in [-0.39, 0.29) is 0 Å². The Morgan fingerprint density at radius 2 is 2.17 bits per heavy atom. The Hall–Kier alpha value is -1.42. The van der Waals surface area contributed by atoms with Gasteiger partial charge in [0.05, 0.1) is 5.69 Å². The van der Waals surface area contributed by atoms with Crippen LogP contribution in [-0.2, 0) is 12.8 Å². The molecule has 0 saturated heterocycles. The van der Waals surface area contributed by atoms with Gasteiger partial charge in [0, 0.05) is 24.0 Å². The molecule has 0 unspecified atom stereocenters. The molecule has 0 bridgehead atoms. The highest BCUT2D eigenvalue weighted by molar-refractivity contribution is 5.83. The summed E-state index contributed by atoms with van der Waals surface area (Å²) in [5, 5.41) is 1.23. The van der Waals surface area contributed by atoms with Gasteiger partial charge >= 0.3 is 0 Å². The first-order valence-corrected chi connectivity index (χ1v) is 6.81. The lowest BCUT2D eigenvalue weighted by atomic mass is 10.1. The standard InChI is InChI=1S/C14H20N4/c1-3-12-16-9(2)13-10(6-7-15)8-18(11-4-5-11)14(13)17-12/h8,11H,3-7,15H2,1-2H3. The number of aromatic nitrogens is 3. The van der Waals surface area contributed by atoms with E-state index in [4.69, 9.17) is 10.7 Å². The number of nitrogens with two attached hydrogens (primary N) is 1. The van der Waals surface area contributed by atoms with Gasteiger partial charge in [-0.1, -0.05) is 6.92 Å². The molecule has 2 heterocycles. The molecule has 2 aromatic heterocycles. The largest absolute Gasteiger partial charge is 0.330 e. The van der Waals surface area contributed by atoms with Gasteiger partial charge in [-0.2, -0.15) is 0 Å². The third-order valence-corrected chi connectivity index (χ3v) is 3.65. The summed E-state index contributed by atoms with van der Waals surface area (Å²) in [5.41, 5.74) is 9.23. The molecule has 0 aliphatic heterocycles. The smallest absolute Gasteiger partial charge is 0.144 e. The summed E-state index contributed by atoms with van der Waals surface area (Å²) in [7, 11) is 0. The molecule has 1 aliphatic rings. The lowest BCUT2D eigenvalue weighted by Crippen LogP contribution is -2.03. The second-order valence-electron chi connectivity index (χ2n) is 5.11. The lowest BCUT2D eigenvalue weighted by Gasteiger charge is -2.05. The molecule has 0 atom stereocenters. The van der Waals surface area contributed by atoms with Crippen LogP contribution in [-0.4, -0.2) is 21.1 Å². The van der Waals surface area contributed by atoms with Crippen molar-refractivity contribution in [3.8, 4) is 0 Å². The van der Waals surface area contributed by atoms with Crippen LogP contribution in [0.1, 0.15) is 42.9 Å². The molecule has 4 heteroatoms. The average molecular weight is 244 g/mol. The Balaban J connectivity index is 2.24. The summed E-state index contributed by atoms with van der Waals surface area (Å²) in [4.78, 5) is 9.32. The van der Waals surface area contributed by atoms with Crippen molar-refractivity contribution in [3.05, 3.63) is 23.3 Å². The summed E-state index contributed by atoms with van der Waals surface area (Å²) in [6.07, 6.45) is 6.59. The highest BCUT2D eigenvalue weighted by atomic mass is 15.1. The SMILES string of the molecule is CCc1nc(C)c2c(CCN)cn(C3CC3)c2n1. The highest BCUT2D eigenvalue weighted by Crippen LogP contribution is 2.39. The van der Waals surface area contributed by atoms with Crippen molar-refractivity contribution in [1.29, 1.82) is 0 Å². The maximum atomic E-state index is 5.71. The maximum Gasteiger partial charge on any atom is 0.144 e. The summed E-state index contributed by atoms with van der Waals surface area (Å²) in [6, 6.07) is 0.651. The Labute approximate surface area is 107 Å². The molecule has 0 aromatic carbocycles. The third-order valence-electron chi connectivity index (χ3n) is 3.65. The van der Waals surface area contributed by atoms with Gasteiger partial charge in [0.1, 0.15) is 11.5 Å². The first kappa shape index (κ1) is 11.7. The number of rotatable bonds is 4. The van der Waals surface area contributed by atoms with Crippen LogP contribution >= 0.6 is 0 Å². The summed E-state index contributed by atoms with van der Waals surface area (Å²) in [5.74, 6) is 0.944. The van der Waals surface area contributed by atoms with Crippen LogP contribution in [0.5, 0.6) is 0 Å². The molecule has 2 aromatic rings. The minimum Gasteiger partial charge on any atom is -0.330 e. The molecule has 1 saturated carbocycles. The van der Waals surface area contributed by atoms with E-state index >= 15 is 0 Å². The number of aryl methyl sites for hydroxylation is 2. The van der Waals surface area contributed by atoms with E-state index in [1.807, 2.05) is 0 Å². The van der Waals surface area contributed by atoms with Gasteiger partial charge in [0.25, 0.3) is 0 Å². The molecule has 1 aliphatic carbocycles. The van der Waals surface area contributed by atoms with Crippen LogP contribution < -0.4 is 5.73 Å². The van der Waals surface area contributed by atoms with Crippen molar-refractivity contribution in [1.82, 2.24) is 14.5 Å². The quantitative estimate of drug-likeness (QED) is 0.896. The zero-order valence-corrected chi connectivity index (χ0v) is 11.1.